The van der Waals surface area contributed by atoms with Gasteiger partial charge in [0.15, 0.2) is 0 Å². The van der Waals surface area contributed by atoms with Crippen LogP contribution in [0.2, 0.25) is 0 Å². The molecule has 0 fully saturated rings. The minimum atomic E-state index is -0.408. The first-order valence-electron chi connectivity index (χ1n) is 5.50. The third-order valence-corrected chi connectivity index (χ3v) is 2.93. The highest BCUT2D eigenvalue weighted by Crippen LogP contribution is 2.28. The summed E-state index contributed by atoms with van der Waals surface area (Å²) in [6.45, 7) is 0. The van der Waals surface area contributed by atoms with Gasteiger partial charge in [-0.05, 0) is 25.2 Å². The average Bonchev–Trinajstić information content (AvgIpc) is 2.35. The van der Waals surface area contributed by atoms with Crippen molar-refractivity contribution in [3.05, 3.63) is 12.2 Å². The molecule has 1 unspecified atom stereocenters. The van der Waals surface area contributed by atoms with Gasteiger partial charge in [0.2, 0.25) is 0 Å². The molecule has 0 aromatic carbocycles. The molecular formula is C12H18O4. The number of allylic oxidation sites excluding steroid dienone is 2. The fourth-order valence-corrected chi connectivity index (χ4v) is 2.00. The lowest BCUT2D eigenvalue weighted by atomic mass is 9.82. The largest absolute Gasteiger partial charge is 0.469 e. The summed E-state index contributed by atoms with van der Waals surface area (Å²) in [5.41, 5.74) is 0. The summed E-state index contributed by atoms with van der Waals surface area (Å²) in [4.78, 5) is 22.8. The van der Waals surface area contributed by atoms with E-state index in [9.17, 15) is 9.59 Å². The van der Waals surface area contributed by atoms with Crippen LogP contribution < -0.4 is 0 Å². The van der Waals surface area contributed by atoms with Crippen LogP contribution in [-0.4, -0.2) is 26.2 Å². The number of ether oxygens (including phenoxy) is 2. The smallest absolute Gasteiger partial charge is 0.309 e. The van der Waals surface area contributed by atoms with E-state index in [1.807, 2.05) is 6.08 Å². The first kappa shape index (κ1) is 12.7. The fraction of sp³-hybridized carbons (Fsp3) is 0.667. The van der Waals surface area contributed by atoms with Gasteiger partial charge in [-0.2, -0.15) is 0 Å². The van der Waals surface area contributed by atoms with Crippen molar-refractivity contribution >= 4 is 11.9 Å². The van der Waals surface area contributed by atoms with Crippen molar-refractivity contribution in [3.8, 4) is 0 Å². The summed E-state index contributed by atoms with van der Waals surface area (Å²) in [5.74, 6) is -1.01. The van der Waals surface area contributed by atoms with Crippen LogP contribution in [0.5, 0.6) is 0 Å². The molecule has 0 heterocycles. The molecule has 1 aliphatic rings. The quantitative estimate of drug-likeness (QED) is 0.540. The van der Waals surface area contributed by atoms with Crippen LogP contribution in [0.25, 0.3) is 0 Å². The summed E-state index contributed by atoms with van der Waals surface area (Å²) < 4.78 is 9.33. The van der Waals surface area contributed by atoms with E-state index in [0.717, 1.165) is 19.3 Å². The van der Waals surface area contributed by atoms with E-state index in [1.165, 1.54) is 14.2 Å². The third kappa shape index (κ3) is 3.36. The van der Waals surface area contributed by atoms with E-state index >= 15 is 0 Å². The van der Waals surface area contributed by atoms with Gasteiger partial charge in [0.05, 0.1) is 26.6 Å². The highest BCUT2D eigenvalue weighted by molar-refractivity contribution is 5.80. The van der Waals surface area contributed by atoms with E-state index in [1.54, 1.807) is 0 Å². The van der Waals surface area contributed by atoms with Gasteiger partial charge in [-0.15, -0.1) is 0 Å². The van der Waals surface area contributed by atoms with Crippen LogP contribution in [0.4, 0.5) is 0 Å². The number of carbonyl (C=O) groups excluding carboxylic acids is 2. The lowest BCUT2D eigenvalue weighted by molar-refractivity contribution is -0.153. The van der Waals surface area contributed by atoms with Crippen molar-refractivity contribution in [2.24, 2.45) is 11.8 Å². The standard InChI is InChI=1S/C12H18O4/c1-15-11(13)8-10(12(14)16-2)9-6-4-3-5-7-9/h4,6,9-10H,3,5,7-8H2,1-2H3/t9?,10-/m1/s1. The number of carbonyl (C=O) groups is 2. The third-order valence-electron chi connectivity index (χ3n) is 2.93. The zero-order chi connectivity index (χ0) is 12.0. The van der Waals surface area contributed by atoms with Gasteiger partial charge < -0.3 is 9.47 Å². The Bertz CT molecular complexity index is 283. The molecule has 90 valence electrons. The zero-order valence-electron chi connectivity index (χ0n) is 9.77. The molecule has 2 atom stereocenters. The van der Waals surface area contributed by atoms with Gasteiger partial charge in [-0.3, -0.25) is 9.59 Å². The Labute approximate surface area is 95.6 Å². The van der Waals surface area contributed by atoms with E-state index < -0.39 is 5.92 Å². The van der Waals surface area contributed by atoms with Gasteiger partial charge in [-0.25, -0.2) is 0 Å². The molecule has 0 saturated heterocycles. The molecule has 16 heavy (non-hydrogen) atoms. The molecule has 1 rings (SSSR count). The molecule has 0 spiro atoms. The lowest BCUT2D eigenvalue weighted by Gasteiger charge is -2.23. The second kappa shape index (κ2) is 6.30. The minimum Gasteiger partial charge on any atom is -0.469 e. The Morgan fingerprint density at radius 3 is 2.62 bits per heavy atom. The van der Waals surface area contributed by atoms with E-state index in [-0.39, 0.29) is 24.3 Å². The van der Waals surface area contributed by atoms with Crippen molar-refractivity contribution in [1.82, 2.24) is 0 Å². The average molecular weight is 226 g/mol. The van der Waals surface area contributed by atoms with Crippen LogP contribution in [0.15, 0.2) is 12.2 Å². The van der Waals surface area contributed by atoms with Crippen molar-refractivity contribution in [3.63, 3.8) is 0 Å². The van der Waals surface area contributed by atoms with Gasteiger partial charge in [0.1, 0.15) is 0 Å². The second-order valence-electron chi connectivity index (χ2n) is 3.93. The number of rotatable bonds is 4. The lowest BCUT2D eigenvalue weighted by Crippen LogP contribution is -2.28. The molecule has 0 aromatic rings. The minimum absolute atomic E-state index is 0.0954. The van der Waals surface area contributed by atoms with Crippen molar-refractivity contribution in [2.75, 3.05) is 14.2 Å². The normalized spacial score (nSPS) is 21.2. The van der Waals surface area contributed by atoms with Crippen molar-refractivity contribution in [1.29, 1.82) is 0 Å². The molecule has 4 nitrogen and oxygen atoms in total. The number of hydrogen-bond acceptors (Lipinski definition) is 4. The van der Waals surface area contributed by atoms with E-state index in [0.29, 0.717) is 0 Å². The van der Waals surface area contributed by atoms with Gasteiger partial charge in [0.25, 0.3) is 0 Å². The predicted molar refractivity (Wildman–Crippen MR) is 58.6 cm³/mol. The maximum atomic E-state index is 11.6. The Kier molecular flexibility index (Phi) is 5.02. The van der Waals surface area contributed by atoms with Gasteiger partial charge in [-0.1, -0.05) is 12.2 Å². The summed E-state index contributed by atoms with van der Waals surface area (Å²) in [7, 11) is 2.67. The molecule has 0 saturated carbocycles. The highest BCUT2D eigenvalue weighted by Gasteiger charge is 2.30. The Morgan fingerprint density at radius 2 is 2.12 bits per heavy atom. The molecule has 0 bridgehead atoms. The van der Waals surface area contributed by atoms with Crippen LogP contribution in [0.1, 0.15) is 25.7 Å². The van der Waals surface area contributed by atoms with Crippen molar-refractivity contribution in [2.45, 2.75) is 25.7 Å². The van der Waals surface area contributed by atoms with E-state index in [2.05, 4.69) is 10.8 Å². The fourth-order valence-electron chi connectivity index (χ4n) is 2.00. The van der Waals surface area contributed by atoms with Crippen LogP contribution in [0.3, 0.4) is 0 Å². The molecule has 0 amide bonds. The molecule has 0 radical (unpaired) electrons. The molecular weight excluding hydrogens is 208 g/mol. The molecule has 0 aliphatic heterocycles. The van der Waals surface area contributed by atoms with Gasteiger partial charge >= 0.3 is 11.9 Å². The Hall–Kier alpha value is -1.32. The van der Waals surface area contributed by atoms with Crippen LogP contribution in [-0.2, 0) is 19.1 Å². The SMILES string of the molecule is COC(=O)C[C@@H](C(=O)OC)C1C=CCCC1. The first-order valence-corrected chi connectivity index (χ1v) is 5.50. The number of esters is 2. The number of methoxy groups -OCH3 is 2. The predicted octanol–water partition coefficient (Wildman–Crippen LogP) is 1.70. The monoisotopic (exact) mass is 226 g/mol. The highest BCUT2D eigenvalue weighted by atomic mass is 16.5. The Balaban J connectivity index is 2.69. The summed E-state index contributed by atoms with van der Waals surface area (Å²) in [6, 6.07) is 0. The number of hydrogen-bond donors (Lipinski definition) is 0. The second-order valence-corrected chi connectivity index (χ2v) is 3.93. The molecule has 0 aromatic heterocycles. The van der Waals surface area contributed by atoms with Crippen LogP contribution in [0, 0.1) is 11.8 Å². The summed E-state index contributed by atoms with van der Waals surface area (Å²) in [6.07, 6.45) is 7.18. The first-order chi connectivity index (χ1) is 7.69. The summed E-state index contributed by atoms with van der Waals surface area (Å²) in [5, 5.41) is 0. The molecule has 0 N–H and O–H groups in total. The molecule has 4 heteroatoms. The molecule has 1 aliphatic carbocycles. The maximum Gasteiger partial charge on any atom is 0.309 e. The van der Waals surface area contributed by atoms with Crippen LogP contribution >= 0.6 is 0 Å². The topological polar surface area (TPSA) is 52.6 Å². The van der Waals surface area contributed by atoms with Gasteiger partial charge in [0, 0.05) is 0 Å². The van der Waals surface area contributed by atoms with E-state index in [4.69, 9.17) is 4.74 Å². The Morgan fingerprint density at radius 1 is 1.38 bits per heavy atom. The zero-order valence-corrected chi connectivity index (χ0v) is 9.77. The summed E-state index contributed by atoms with van der Waals surface area (Å²) >= 11 is 0. The maximum absolute atomic E-state index is 11.6. The van der Waals surface area contributed by atoms with Crippen molar-refractivity contribution < 1.29 is 19.1 Å².